The first kappa shape index (κ1) is 27.8. The molecule has 2 aromatic carbocycles. The van der Waals surface area contributed by atoms with Crippen molar-refractivity contribution in [1.82, 2.24) is 4.90 Å². The first-order valence-electron chi connectivity index (χ1n) is 11.4. The first-order chi connectivity index (χ1) is 16.3. The highest BCUT2D eigenvalue weighted by Gasteiger charge is 2.43. The number of carboxylic acids is 2. The molecule has 0 aliphatic carbocycles. The number of fused-ring (bicyclic) bond motifs is 1. The average molecular weight is 487 g/mol. The van der Waals surface area contributed by atoms with E-state index in [2.05, 4.69) is 36.1 Å². The molecule has 2 aliphatic rings. The van der Waals surface area contributed by atoms with Crippen molar-refractivity contribution in [3.63, 3.8) is 0 Å². The van der Waals surface area contributed by atoms with Gasteiger partial charge in [0.2, 0.25) is 0 Å². The Bertz CT molecular complexity index is 983. The minimum atomic E-state index is -1.26. The monoisotopic (exact) mass is 486 g/mol. The molecule has 0 amide bonds. The number of nitrogens with zero attached hydrogens (tertiary/aromatic N) is 1. The summed E-state index contributed by atoms with van der Waals surface area (Å²) in [5.41, 5.74) is 8.92. The summed E-state index contributed by atoms with van der Waals surface area (Å²) in [7, 11) is 0. The molecule has 0 radical (unpaired) electrons. The number of hydrogen-bond donors (Lipinski definition) is 3. The van der Waals surface area contributed by atoms with Gasteiger partial charge in [-0.25, -0.2) is 9.59 Å². The van der Waals surface area contributed by atoms with Crippen molar-refractivity contribution in [2.24, 2.45) is 0 Å². The van der Waals surface area contributed by atoms with E-state index in [9.17, 15) is 9.59 Å². The summed E-state index contributed by atoms with van der Waals surface area (Å²) < 4.78 is 12.7. The molecule has 1 spiro atoms. The fraction of sp³-hybridized carbons (Fsp3) is 0.385. The van der Waals surface area contributed by atoms with E-state index < -0.39 is 11.9 Å². The second-order valence-electron chi connectivity index (χ2n) is 8.56. The molecular weight excluding hydrogens is 452 g/mol. The molecule has 4 rings (SSSR count). The molecule has 1 saturated heterocycles. The van der Waals surface area contributed by atoms with Crippen LogP contribution in [0, 0.1) is 0 Å². The second-order valence-corrected chi connectivity index (χ2v) is 8.56. The van der Waals surface area contributed by atoms with Gasteiger partial charge in [-0.1, -0.05) is 30.3 Å². The molecule has 9 heteroatoms. The van der Waals surface area contributed by atoms with Gasteiger partial charge in [0.05, 0.1) is 6.61 Å². The maximum Gasteiger partial charge on any atom is 0.328 e. The van der Waals surface area contributed by atoms with Crippen LogP contribution in [0.2, 0.25) is 0 Å². The number of ether oxygens (including phenoxy) is 2. The van der Waals surface area contributed by atoms with Crippen molar-refractivity contribution in [1.29, 1.82) is 0 Å². The topological polar surface area (TPSA) is 154 Å². The highest BCUT2D eigenvalue weighted by Crippen LogP contribution is 2.37. The van der Waals surface area contributed by atoms with Crippen LogP contribution in [0.25, 0.3) is 0 Å². The summed E-state index contributed by atoms with van der Waals surface area (Å²) in [6.45, 7) is 5.99. The lowest BCUT2D eigenvalue weighted by molar-refractivity contribution is -0.135. The molecule has 0 bridgehead atoms. The number of nitrogen functional groups attached to an aromatic ring is 1. The van der Waals surface area contributed by atoms with Crippen molar-refractivity contribution in [2.45, 2.75) is 44.5 Å². The Labute approximate surface area is 205 Å². The molecule has 190 valence electrons. The third kappa shape index (κ3) is 8.10. The van der Waals surface area contributed by atoms with Crippen LogP contribution in [-0.2, 0) is 27.4 Å². The molecule has 1 atom stereocenters. The predicted molar refractivity (Wildman–Crippen MR) is 132 cm³/mol. The molecule has 2 aliphatic heterocycles. The summed E-state index contributed by atoms with van der Waals surface area (Å²) in [5, 5.41) is 15.6. The van der Waals surface area contributed by atoms with Gasteiger partial charge >= 0.3 is 11.9 Å². The van der Waals surface area contributed by atoms with Crippen LogP contribution < -0.4 is 10.5 Å². The van der Waals surface area contributed by atoms with E-state index in [4.69, 9.17) is 25.4 Å². The molecule has 9 nitrogen and oxygen atoms in total. The minimum absolute atomic E-state index is 0. The fourth-order valence-electron chi connectivity index (χ4n) is 4.19. The molecule has 0 saturated carbocycles. The van der Waals surface area contributed by atoms with Gasteiger partial charge in [0, 0.05) is 43.0 Å². The Hall–Kier alpha value is -3.40. The Balaban J connectivity index is 0.000000418. The van der Waals surface area contributed by atoms with Crippen LogP contribution in [0.3, 0.4) is 0 Å². The molecule has 0 aromatic heterocycles. The molecular formula is C26H34N2O7. The van der Waals surface area contributed by atoms with Crippen LogP contribution >= 0.6 is 0 Å². The van der Waals surface area contributed by atoms with Gasteiger partial charge in [0.1, 0.15) is 17.5 Å². The van der Waals surface area contributed by atoms with Crippen LogP contribution in [0.15, 0.2) is 60.7 Å². The summed E-state index contributed by atoms with van der Waals surface area (Å²) >= 11 is 0. The number of carboxylic acid groups (broad SMARTS) is 2. The smallest absolute Gasteiger partial charge is 0.328 e. The van der Waals surface area contributed by atoms with E-state index in [-0.39, 0.29) is 17.2 Å². The predicted octanol–water partition coefficient (Wildman–Crippen LogP) is 2.53. The van der Waals surface area contributed by atoms with E-state index in [0.717, 1.165) is 55.9 Å². The third-order valence-corrected chi connectivity index (χ3v) is 6.30. The fourth-order valence-corrected chi connectivity index (χ4v) is 4.19. The number of likely N-dealkylation sites (tertiary alicyclic amines) is 1. The van der Waals surface area contributed by atoms with Gasteiger partial charge in [-0.05, 0) is 49.9 Å². The lowest BCUT2D eigenvalue weighted by atomic mass is 9.86. The second kappa shape index (κ2) is 12.9. The molecule has 1 fully saturated rings. The van der Waals surface area contributed by atoms with E-state index in [1.807, 2.05) is 24.3 Å². The number of carbonyl (C=O) groups is 2. The van der Waals surface area contributed by atoms with Gasteiger partial charge in [0.15, 0.2) is 0 Å². The van der Waals surface area contributed by atoms with Crippen molar-refractivity contribution >= 4 is 17.6 Å². The Kier molecular flexibility index (Phi) is 10.3. The molecule has 35 heavy (non-hydrogen) atoms. The third-order valence-electron chi connectivity index (χ3n) is 6.30. The lowest BCUT2D eigenvalue weighted by Crippen LogP contribution is -2.53. The maximum absolute atomic E-state index is 9.55. The zero-order chi connectivity index (χ0) is 24.6. The Morgan fingerprint density at radius 1 is 1.06 bits per heavy atom. The summed E-state index contributed by atoms with van der Waals surface area (Å²) in [6.07, 6.45) is 4.29. The van der Waals surface area contributed by atoms with E-state index in [1.165, 1.54) is 5.56 Å². The number of anilines is 1. The normalized spacial score (nSPS) is 18.8. The lowest BCUT2D eigenvalue weighted by Gasteiger charge is -2.43. The highest BCUT2D eigenvalue weighted by atomic mass is 16.6. The zero-order valence-electron chi connectivity index (χ0n) is 19.9. The van der Waals surface area contributed by atoms with Gasteiger partial charge in [-0.2, -0.15) is 0 Å². The van der Waals surface area contributed by atoms with Gasteiger partial charge in [0.25, 0.3) is 0 Å². The van der Waals surface area contributed by atoms with Crippen molar-refractivity contribution in [2.75, 3.05) is 25.4 Å². The van der Waals surface area contributed by atoms with E-state index in [0.29, 0.717) is 18.8 Å². The largest absolute Gasteiger partial charge is 0.487 e. The first-order valence-corrected chi connectivity index (χ1v) is 11.4. The minimum Gasteiger partial charge on any atom is -0.487 e. The number of nitrogens with two attached hydrogens (primary N) is 1. The van der Waals surface area contributed by atoms with Crippen molar-refractivity contribution < 1.29 is 34.8 Å². The number of aliphatic carboxylic acids is 2. The number of rotatable bonds is 5. The average Bonchev–Trinajstić information content (AvgIpc) is 2.95. The van der Waals surface area contributed by atoms with E-state index >= 15 is 0 Å². The Morgan fingerprint density at radius 2 is 1.66 bits per heavy atom. The summed E-state index contributed by atoms with van der Waals surface area (Å²) in [5.74, 6) is -1.54. The number of para-hydroxylation sites is 1. The molecule has 2 aromatic rings. The number of benzene rings is 2. The van der Waals surface area contributed by atoms with Crippen LogP contribution in [-0.4, -0.2) is 63.9 Å². The van der Waals surface area contributed by atoms with Crippen molar-refractivity contribution in [3.05, 3.63) is 71.8 Å². The summed E-state index contributed by atoms with van der Waals surface area (Å²) in [6, 6.07) is 16.5. The number of hydrogen-bond acceptors (Lipinski definition) is 6. The van der Waals surface area contributed by atoms with Gasteiger partial charge in [-0.3, -0.25) is 0 Å². The molecule has 2 heterocycles. The Morgan fingerprint density at radius 3 is 2.26 bits per heavy atom. The van der Waals surface area contributed by atoms with Gasteiger partial charge in [-0.15, -0.1) is 0 Å². The number of piperidine rings is 1. The molecule has 6 N–H and O–H groups in total. The molecule has 1 unspecified atom stereocenters. The van der Waals surface area contributed by atoms with E-state index in [1.54, 1.807) is 0 Å². The van der Waals surface area contributed by atoms with Crippen LogP contribution in [0.5, 0.6) is 5.75 Å². The van der Waals surface area contributed by atoms with Crippen LogP contribution in [0.1, 0.15) is 30.9 Å². The van der Waals surface area contributed by atoms with Gasteiger partial charge < -0.3 is 35.8 Å². The SMILES string of the molecule is CC1Oc2ccccc2COC12CCN(CCc1ccc(N)cc1)CC2.O.O=C(O)/C=C\C(=O)O. The van der Waals surface area contributed by atoms with Crippen LogP contribution in [0.4, 0.5) is 5.69 Å². The van der Waals surface area contributed by atoms with Crippen molar-refractivity contribution in [3.8, 4) is 5.75 Å². The highest BCUT2D eigenvalue weighted by molar-refractivity contribution is 5.89. The zero-order valence-corrected chi connectivity index (χ0v) is 19.9. The summed E-state index contributed by atoms with van der Waals surface area (Å²) in [4.78, 5) is 21.6. The quantitative estimate of drug-likeness (QED) is 0.430. The maximum atomic E-state index is 9.55. The standard InChI is InChI=1S/C22H28N2O2.C4H4O4.H2O/c1-17-22(25-16-19-4-2-3-5-21(19)26-17)11-14-24(15-12-22)13-10-18-6-8-20(23)9-7-18;5-3(6)1-2-4(7)8;/h2-9,17H,10-16,23H2,1H3;1-2H,(H,5,6)(H,7,8);1H2/b;2-1-;.